The van der Waals surface area contributed by atoms with Gasteiger partial charge in [-0.2, -0.15) is 0 Å². The topological polar surface area (TPSA) is 55.5 Å². The monoisotopic (exact) mass is 259 g/mol. The normalized spacial score (nSPS) is 13.8. The molecule has 3 nitrogen and oxygen atoms in total. The summed E-state index contributed by atoms with van der Waals surface area (Å²) < 4.78 is 6.50. The summed E-state index contributed by atoms with van der Waals surface area (Å²) in [7, 11) is 0. The van der Waals surface area contributed by atoms with Gasteiger partial charge in [-0.25, -0.2) is 0 Å². The molecule has 1 aromatic carbocycles. The molecule has 0 bridgehead atoms. The number of ether oxygens (including phenoxy) is 1. The van der Waals surface area contributed by atoms with Crippen LogP contribution < -0.4 is 10.5 Å². The van der Waals surface area contributed by atoms with E-state index in [0.717, 1.165) is 4.47 Å². The lowest BCUT2D eigenvalue weighted by Crippen LogP contribution is -2.47. The van der Waals surface area contributed by atoms with Crippen LogP contribution in [0.3, 0.4) is 0 Å². The van der Waals surface area contributed by atoms with Crippen molar-refractivity contribution in [2.45, 2.75) is 25.7 Å². The molecule has 0 saturated heterocycles. The van der Waals surface area contributed by atoms with E-state index in [0.29, 0.717) is 5.75 Å². The summed E-state index contributed by atoms with van der Waals surface area (Å²) in [5.41, 5.74) is 4.59. The highest BCUT2D eigenvalue weighted by Gasteiger charge is 2.26. The average Bonchev–Trinajstić information content (AvgIpc) is 2.08. The largest absolute Gasteiger partial charge is 0.484 e. The van der Waals surface area contributed by atoms with Crippen LogP contribution in [0, 0.1) is 0 Å². The predicted octanol–water partition coefficient (Wildman–Crippen LogP) is 1.88. The second kappa shape index (κ2) is 4.29. The zero-order valence-corrected chi connectivity index (χ0v) is 9.78. The van der Waals surface area contributed by atoms with E-state index in [-0.39, 0.29) is 0 Å². The molecule has 1 atom stereocenters. The molecule has 0 radical (unpaired) electrons. The van der Waals surface area contributed by atoms with Gasteiger partial charge < -0.3 is 15.6 Å². The summed E-state index contributed by atoms with van der Waals surface area (Å²) in [6.45, 7) is 3.47. The van der Waals surface area contributed by atoms with Gasteiger partial charge in [0.05, 0.1) is 0 Å². The maximum Gasteiger partial charge on any atom is 0.142 e. The second-order valence-corrected chi connectivity index (χ2v) is 4.52. The van der Waals surface area contributed by atoms with E-state index in [4.69, 9.17) is 10.5 Å². The summed E-state index contributed by atoms with van der Waals surface area (Å²) >= 11 is 3.32. The average molecular weight is 260 g/mol. The summed E-state index contributed by atoms with van der Waals surface area (Å²) in [4.78, 5) is 0. The van der Waals surface area contributed by atoms with Crippen molar-refractivity contribution in [1.29, 1.82) is 0 Å². The molecule has 4 heteroatoms. The summed E-state index contributed by atoms with van der Waals surface area (Å²) in [5, 5.41) is 9.24. The fraction of sp³-hybridized carbons (Fsp3) is 0.400. The Labute approximate surface area is 92.0 Å². The number of hydrogen-bond donors (Lipinski definition) is 2. The highest BCUT2D eigenvalue weighted by atomic mass is 79.9. The van der Waals surface area contributed by atoms with Crippen molar-refractivity contribution in [1.82, 2.24) is 0 Å². The van der Waals surface area contributed by atoms with Crippen LogP contribution in [-0.2, 0) is 0 Å². The van der Waals surface area contributed by atoms with E-state index in [1.807, 2.05) is 24.3 Å². The SMILES string of the molecule is CC(C)(Oc1ccc(Br)cc1)C(N)O. The van der Waals surface area contributed by atoms with Crippen LogP contribution in [0.25, 0.3) is 0 Å². The molecular weight excluding hydrogens is 246 g/mol. The van der Waals surface area contributed by atoms with Crippen LogP contribution in [0.4, 0.5) is 0 Å². The molecule has 0 heterocycles. The maximum absolute atomic E-state index is 9.24. The molecular formula is C10H14BrNO2. The summed E-state index contributed by atoms with van der Waals surface area (Å²) in [6, 6.07) is 7.37. The molecule has 0 aliphatic heterocycles. The Morgan fingerprint density at radius 1 is 1.36 bits per heavy atom. The zero-order chi connectivity index (χ0) is 10.8. The Bertz CT molecular complexity index is 295. The Morgan fingerprint density at radius 2 is 1.86 bits per heavy atom. The van der Waals surface area contributed by atoms with Crippen molar-refractivity contribution < 1.29 is 9.84 Å². The first-order valence-corrected chi connectivity index (χ1v) is 5.09. The number of benzene rings is 1. The third-order valence-electron chi connectivity index (χ3n) is 1.91. The van der Waals surface area contributed by atoms with Gasteiger partial charge in [0.25, 0.3) is 0 Å². The molecule has 0 amide bonds. The summed E-state index contributed by atoms with van der Waals surface area (Å²) in [6.07, 6.45) is -1.01. The number of halogens is 1. The van der Waals surface area contributed by atoms with Crippen LogP contribution in [0.5, 0.6) is 5.75 Å². The minimum atomic E-state index is -1.01. The molecule has 78 valence electrons. The standard InChI is InChI=1S/C10H14BrNO2/c1-10(2,9(12)13)14-8-5-3-7(11)4-6-8/h3-6,9,13H,12H2,1-2H3. The Hall–Kier alpha value is -0.580. The van der Waals surface area contributed by atoms with Gasteiger partial charge in [0.2, 0.25) is 0 Å². The van der Waals surface area contributed by atoms with Gasteiger partial charge in [-0.1, -0.05) is 15.9 Å². The highest BCUT2D eigenvalue weighted by molar-refractivity contribution is 9.10. The zero-order valence-electron chi connectivity index (χ0n) is 8.20. The minimum Gasteiger partial charge on any atom is -0.484 e. The number of rotatable bonds is 3. The number of aliphatic hydroxyl groups excluding tert-OH is 1. The molecule has 0 aliphatic carbocycles. The Balaban J connectivity index is 2.74. The Kier molecular flexibility index (Phi) is 3.53. The lowest BCUT2D eigenvalue weighted by Gasteiger charge is -2.28. The van der Waals surface area contributed by atoms with E-state index in [1.54, 1.807) is 13.8 Å². The fourth-order valence-corrected chi connectivity index (χ4v) is 1.13. The van der Waals surface area contributed by atoms with Crippen LogP contribution >= 0.6 is 15.9 Å². The van der Waals surface area contributed by atoms with Crippen LogP contribution in [-0.4, -0.2) is 16.9 Å². The fourth-order valence-electron chi connectivity index (χ4n) is 0.867. The third kappa shape index (κ3) is 2.97. The van der Waals surface area contributed by atoms with E-state index in [2.05, 4.69) is 15.9 Å². The highest BCUT2D eigenvalue weighted by Crippen LogP contribution is 2.21. The molecule has 0 fully saturated rings. The first-order valence-electron chi connectivity index (χ1n) is 4.30. The van der Waals surface area contributed by atoms with Gasteiger partial charge in [0.15, 0.2) is 0 Å². The second-order valence-electron chi connectivity index (χ2n) is 3.60. The molecule has 1 rings (SSSR count). The minimum absolute atomic E-state index is 0.683. The van der Waals surface area contributed by atoms with E-state index >= 15 is 0 Å². The van der Waals surface area contributed by atoms with Crippen molar-refractivity contribution in [3.63, 3.8) is 0 Å². The van der Waals surface area contributed by atoms with Gasteiger partial charge in [-0.05, 0) is 38.1 Å². The molecule has 0 saturated carbocycles. The number of hydrogen-bond acceptors (Lipinski definition) is 3. The lowest BCUT2D eigenvalue weighted by atomic mass is 10.1. The first kappa shape index (κ1) is 11.5. The Morgan fingerprint density at radius 3 is 2.29 bits per heavy atom. The van der Waals surface area contributed by atoms with Crippen LogP contribution in [0.1, 0.15) is 13.8 Å². The van der Waals surface area contributed by atoms with Crippen molar-refractivity contribution in [3.8, 4) is 5.75 Å². The molecule has 1 aromatic rings. The van der Waals surface area contributed by atoms with Crippen molar-refractivity contribution >= 4 is 15.9 Å². The molecule has 3 N–H and O–H groups in total. The van der Waals surface area contributed by atoms with Gasteiger partial charge in [0, 0.05) is 4.47 Å². The van der Waals surface area contributed by atoms with Crippen LogP contribution in [0.2, 0.25) is 0 Å². The van der Waals surface area contributed by atoms with Gasteiger partial charge in [-0.15, -0.1) is 0 Å². The predicted molar refractivity (Wildman–Crippen MR) is 59.0 cm³/mol. The molecule has 14 heavy (non-hydrogen) atoms. The summed E-state index contributed by atoms with van der Waals surface area (Å²) in [5.74, 6) is 0.683. The molecule has 0 aliphatic rings. The lowest BCUT2D eigenvalue weighted by molar-refractivity contribution is -0.0245. The van der Waals surface area contributed by atoms with Crippen molar-refractivity contribution in [2.75, 3.05) is 0 Å². The van der Waals surface area contributed by atoms with Gasteiger partial charge >= 0.3 is 0 Å². The maximum atomic E-state index is 9.24. The molecule has 1 unspecified atom stereocenters. The number of aliphatic hydroxyl groups is 1. The third-order valence-corrected chi connectivity index (χ3v) is 2.44. The van der Waals surface area contributed by atoms with Gasteiger partial charge in [0.1, 0.15) is 17.6 Å². The number of nitrogens with two attached hydrogens (primary N) is 1. The van der Waals surface area contributed by atoms with Gasteiger partial charge in [-0.3, -0.25) is 0 Å². The van der Waals surface area contributed by atoms with Crippen LogP contribution in [0.15, 0.2) is 28.7 Å². The van der Waals surface area contributed by atoms with E-state index in [1.165, 1.54) is 0 Å². The molecule has 0 aromatic heterocycles. The van der Waals surface area contributed by atoms with E-state index < -0.39 is 11.8 Å². The smallest absolute Gasteiger partial charge is 0.142 e. The quantitative estimate of drug-likeness (QED) is 0.816. The van der Waals surface area contributed by atoms with Crippen molar-refractivity contribution in [3.05, 3.63) is 28.7 Å². The van der Waals surface area contributed by atoms with E-state index in [9.17, 15) is 5.11 Å². The van der Waals surface area contributed by atoms with Crippen molar-refractivity contribution in [2.24, 2.45) is 5.73 Å². The first-order chi connectivity index (χ1) is 6.42. The molecule has 0 spiro atoms.